The topological polar surface area (TPSA) is 99.2 Å². The molecular weight excluding hydrogens is 248 g/mol. The van der Waals surface area contributed by atoms with E-state index in [-0.39, 0.29) is 22.8 Å². The third-order valence-corrected chi connectivity index (χ3v) is 2.41. The Morgan fingerprint density at radius 3 is 2.53 bits per heavy atom. The lowest BCUT2D eigenvalue weighted by molar-refractivity contribution is -0.125. The van der Waals surface area contributed by atoms with Crippen molar-refractivity contribution in [2.45, 2.75) is 39.3 Å². The largest absolute Gasteiger partial charge is 0.464 e. The second kappa shape index (κ2) is 5.29. The Labute approximate surface area is 112 Å². The van der Waals surface area contributed by atoms with E-state index in [4.69, 9.17) is 5.73 Å². The lowest BCUT2D eigenvalue weighted by Crippen LogP contribution is -2.43. The lowest BCUT2D eigenvalue weighted by atomic mass is 10.1. The number of aromatic nitrogens is 2. The summed E-state index contributed by atoms with van der Waals surface area (Å²) in [6.45, 7) is 7.33. The Balaban J connectivity index is 2.92. The van der Waals surface area contributed by atoms with E-state index in [2.05, 4.69) is 15.2 Å². The van der Waals surface area contributed by atoms with Crippen LogP contribution >= 0.6 is 0 Å². The van der Waals surface area contributed by atoms with E-state index in [9.17, 15) is 9.59 Å². The van der Waals surface area contributed by atoms with Gasteiger partial charge in [0.25, 0.3) is 0 Å². The van der Waals surface area contributed by atoms with Crippen molar-refractivity contribution in [3.8, 4) is 0 Å². The highest BCUT2D eigenvalue weighted by atomic mass is 16.5. The molecule has 0 bridgehead atoms. The number of methoxy groups -OCH3 is 1. The summed E-state index contributed by atoms with van der Waals surface area (Å²) in [6.07, 6.45) is 1.44. The van der Waals surface area contributed by atoms with Gasteiger partial charge in [-0.3, -0.25) is 9.48 Å². The van der Waals surface area contributed by atoms with Crippen molar-refractivity contribution in [3.63, 3.8) is 0 Å². The average Bonchev–Trinajstić information content (AvgIpc) is 2.67. The molecule has 0 aliphatic carbocycles. The summed E-state index contributed by atoms with van der Waals surface area (Å²) >= 11 is 0. The molecule has 0 fully saturated rings. The minimum atomic E-state index is -0.625. The van der Waals surface area contributed by atoms with Gasteiger partial charge in [0.1, 0.15) is 6.04 Å². The summed E-state index contributed by atoms with van der Waals surface area (Å²) in [5.74, 6) is -0.828. The molecule has 0 aromatic carbocycles. The Bertz CT molecular complexity index is 488. The Hall–Kier alpha value is -2.05. The highest BCUT2D eigenvalue weighted by Crippen LogP contribution is 2.15. The van der Waals surface area contributed by atoms with Gasteiger partial charge in [-0.2, -0.15) is 5.10 Å². The molecule has 1 atom stereocenters. The zero-order valence-corrected chi connectivity index (χ0v) is 11.9. The number of nitrogen functional groups attached to an aromatic ring is 1. The Morgan fingerprint density at radius 1 is 1.47 bits per heavy atom. The number of amides is 1. The number of hydrogen-bond donors (Lipinski definition) is 2. The smallest absolute Gasteiger partial charge is 0.360 e. The molecule has 1 aromatic heterocycles. The number of carbonyl (C=O) groups excluding carboxylic acids is 2. The van der Waals surface area contributed by atoms with Gasteiger partial charge < -0.3 is 15.8 Å². The molecule has 0 spiro atoms. The maximum Gasteiger partial charge on any atom is 0.360 e. The van der Waals surface area contributed by atoms with Crippen LogP contribution in [0.5, 0.6) is 0 Å². The van der Waals surface area contributed by atoms with E-state index in [1.54, 1.807) is 6.92 Å². The zero-order chi connectivity index (χ0) is 14.8. The number of nitrogens with one attached hydrogen (secondary N) is 1. The van der Waals surface area contributed by atoms with Crippen molar-refractivity contribution in [1.29, 1.82) is 0 Å². The third kappa shape index (κ3) is 3.70. The normalized spacial score (nSPS) is 12.9. The van der Waals surface area contributed by atoms with Gasteiger partial charge in [0, 0.05) is 11.7 Å². The van der Waals surface area contributed by atoms with Gasteiger partial charge in [0.2, 0.25) is 5.91 Å². The molecule has 3 N–H and O–H groups in total. The fourth-order valence-corrected chi connectivity index (χ4v) is 1.45. The first-order valence-corrected chi connectivity index (χ1v) is 5.90. The molecule has 1 heterocycles. The molecule has 1 aromatic rings. The summed E-state index contributed by atoms with van der Waals surface area (Å²) in [5.41, 5.74) is 5.52. The first kappa shape index (κ1) is 15.0. The fourth-order valence-electron chi connectivity index (χ4n) is 1.45. The minimum Gasteiger partial charge on any atom is -0.464 e. The average molecular weight is 268 g/mol. The van der Waals surface area contributed by atoms with Crippen LogP contribution in [-0.4, -0.2) is 34.3 Å². The SMILES string of the molecule is COC(=O)c1nn(C(C)C(=O)NC(C)(C)C)cc1N. The molecule has 0 saturated carbocycles. The quantitative estimate of drug-likeness (QED) is 0.787. The second-order valence-electron chi connectivity index (χ2n) is 5.32. The van der Waals surface area contributed by atoms with Gasteiger partial charge in [-0.25, -0.2) is 4.79 Å². The minimum absolute atomic E-state index is 0.0120. The first-order chi connectivity index (χ1) is 8.65. The van der Waals surface area contributed by atoms with Crippen LogP contribution in [0.2, 0.25) is 0 Å². The van der Waals surface area contributed by atoms with Gasteiger partial charge in [0.05, 0.1) is 12.8 Å². The number of esters is 1. The zero-order valence-electron chi connectivity index (χ0n) is 11.9. The van der Waals surface area contributed by atoms with Crippen molar-refractivity contribution < 1.29 is 14.3 Å². The third-order valence-electron chi connectivity index (χ3n) is 2.41. The van der Waals surface area contributed by atoms with Crippen LogP contribution in [0.1, 0.15) is 44.2 Å². The van der Waals surface area contributed by atoms with Crippen molar-refractivity contribution in [2.24, 2.45) is 0 Å². The molecule has 1 rings (SSSR count). The monoisotopic (exact) mass is 268 g/mol. The molecule has 19 heavy (non-hydrogen) atoms. The fraction of sp³-hybridized carbons (Fsp3) is 0.583. The summed E-state index contributed by atoms with van der Waals surface area (Å²) in [7, 11) is 1.25. The first-order valence-electron chi connectivity index (χ1n) is 5.90. The highest BCUT2D eigenvalue weighted by Gasteiger charge is 2.23. The number of anilines is 1. The highest BCUT2D eigenvalue weighted by molar-refractivity contribution is 5.92. The van der Waals surface area contributed by atoms with Crippen molar-refractivity contribution in [1.82, 2.24) is 15.1 Å². The number of nitrogens with zero attached hydrogens (tertiary/aromatic N) is 2. The van der Waals surface area contributed by atoms with Crippen molar-refractivity contribution >= 4 is 17.6 Å². The van der Waals surface area contributed by atoms with Crippen LogP contribution < -0.4 is 11.1 Å². The van der Waals surface area contributed by atoms with Crippen LogP contribution in [0.4, 0.5) is 5.69 Å². The number of carbonyl (C=O) groups is 2. The van der Waals surface area contributed by atoms with Crippen LogP contribution in [-0.2, 0) is 9.53 Å². The van der Waals surface area contributed by atoms with Gasteiger partial charge in [-0.1, -0.05) is 0 Å². The van der Waals surface area contributed by atoms with Crippen molar-refractivity contribution in [2.75, 3.05) is 12.8 Å². The molecule has 106 valence electrons. The van der Waals surface area contributed by atoms with E-state index in [0.717, 1.165) is 0 Å². The number of hydrogen-bond acceptors (Lipinski definition) is 5. The maximum atomic E-state index is 12.0. The predicted octanol–water partition coefficient (Wildman–Crippen LogP) is 0.728. The van der Waals surface area contributed by atoms with E-state index in [1.807, 2.05) is 20.8 Å². The molecule has 1 unspecified atom stereocenters. The summed E-state index contributed by atoms with van der Waals surface area (Å²) < 4.78 is 5.91. The lowest BCUT2D eigenvalue weighted by Gasteiger charge is -2.23. The van der Waals surface area contributed by atoms with Crippen LogP contribution in [0.3, 0.4) is 0 Å². The Kier molecular flexibility index (Phi) is 4.18. The Morgan fingerprint density at radius 2 is 2.05 bits per heavy atom. The van der Waals surface area contributed by atoms with E-state index in [0.29, 0.717) is 0 Å². The van der Waals surface area contributed by atoms with Gasteiger partial charge >= 0.3 is 5.97 Å². The van der Waals surface area contributed by atoms with Gasteiger partial charge in [0.15, 0.2) is 5.69 Å². The van der Waals surface area contributed by atoms with Crippen molar-refractivity contribution in [3.05, 3.63) is 11.9 Å². The van der Waals surface area contributed by atoms with Gasteiger partial charge in [-0.05, 0) is 27.7 Å². The summed E-state index contributed by atoms with van der Waals surface area (Å²) in [5, 5.41) is 6.82. The molecule has 1 amide bonds. The molecule has 0 saturated heterocycles. The molecule has 7 heteroatoms. The number of nitrogens with two attached hydrogens (primary N) is 1. The molecular formula is C12H20N4O3. The molecule has 7 nitrogen and oxygen atoms in total. The number of ether oxygens (including phenoxy) is 1. The van der Waals surface area contributed by atoms with Crippen LogP contribution in [0.15, 0.2) is 6.20 Å². The molecule has 0 aliphatic rings. The number of rotatable bonds is 3. The van der Waals surface area contributed by atoms with Crippen LogP contribution in [0, 0.1) is 0 Å². The molecule has 0 aliphatic heterocycles. The van der Waals surface area contributed by atoms with E-state index in [1.165, 1.54) is 18.0 Å². The predicted molar refractivity (Wildman–Crippen MR) is 70.6 cm³/mol. The summed E-state index contributed by atoms with van der Waals surface area (Å²) in [6, 6.07) is -0.570. The van der Waals surface area contributed by atoms with E-state index < -0.39 is 12.0 Å². The second-order valence-corrected chi connectivity index (χ2v) is 5.32. The maximum absolute atomic E-state index is 12.0. The standard InChI is InChI=1S/C12H20N4O3/c1-7(10(17)14-12(2,3)4)16-6-8(13)9(15-16)11(18)19-5/h6-7H,13H2,1-5H3,(H,14,17). The summed E-state index contributed by atoms with van der Waals surface area (Å²) in [4.78, 5) is 23.4. The molecule has 0 radical (unpaired) electrons. The van der Waals surface area contributed by atoms with Gasteiger partial charge in [-0.15, -0.1) is 0 Å². The van der Waals surface area contributed by atoms with Crippen LogP contribution in [0.25, 0.3) is 0 Å². The van der Waals surface area contributed by atoms with E-state index >= 15 is 0 Å².